The van der Waals surface area contributed by atoms with Crippen LogP contribution in [0.1, 0.15) is 20.7 Å². The van der Waals surface area contributed by atoms with E-state index < -0.39 is 42.2 Å². The van der Waals surface area contributed by atoms with Gasteiger partial charge in [-0.3, -0.25) is 0 Å². The molecule has 0 fully saturated rings. The van der Waals surface area contributed by atoms with Gasteiger partial charge in [-0.05, 0) is 35.4 Å². The van der Waals surface area contributed by atoms with Gasteiger partial charge in [-0.2, -0.15) is 16.8 Å². The van der Waals surface area contributed by atoms with E-state index in [0.29, 0.717) is 12.1 Å². The molecule has 2 aromatic rings. The van der Waals surface area contributed by atoms with Crippen molar-refractivity contribution in [3.8, 4) is 0 Å². The topological polar surface area (TPSA) is 149 Å². The van der Waals surface area contributed by atoms with Crippen LogP contribution in [0.5, 0.6) is 0 Å². The molecule has 0 aromatic heterocycles. The van der Waals surface area contributed by atoms with Crippen molar-refractivity contribution in [2.45, 2.75) is 9.79 Å². The van der Waals surface area contributed by atoms with Gasteiger partial charge in [-0.1, -0.05) is 24.3 Å². The average Bonchev–Trinajstić information content (AvgIpc) is 2.54. The number of rotatable bonds is 4. The number of carboxylic acid groups (broad SMARTS) is 2. The Labute approximate surface area is 163 Å². The second-order valence-electron chi connectivity index (χ2n) is 4.51. The van der Waals surface area contributed by atoms with Crippen LogP contribution in [0.4, 0.5) is 7.77 Å². The van der Waals surface area contributed by atoms with E-state index in [1.54, 1.807) is 0 Å². The summed E-state index contributed by atoms with van der Waals surface area (Å²) in [4.78, 5) is 19.1. The van der Waals surface area contributed by atoms with Crippen LogP contribution in [-0.2, 0) is 37.5 Å². The minimum atomic E-state index is -4.85. The van der Waals surface area contributed by atoms with Gasteiger partial charge in [0.1, 0.15) is 0 Å². The molecule has 0 N–H and O–H groups in total. The Morgan fingerprint density at radius 3 is 1.22 bits per heavy atom. The van der Waals surface area contributed by atoms with Crippen LogP contribution in [0.3, 0.4) is 0 Å². The van der Waals surface area contributed by atoms with Crippen LogP contribution in [0.25, 0.3) is 0 Å². The van der Waals surface area contributed by atoms with Crippen molar-refractivity contribution in [3.05, 3.63) is 59.7 Å². The molecule has 2 rings (SSSR count). The third-order valence-corrected chi connectivity index (χ3v) is 4.34. The second kappa shape index (κ2) is 9.55. The van der Waals surface area contributed by atoms with E-state index in [9.17, 15) is 44.4 Å². The van der Waals surface area contributed by atoms with Gasteiger partial charge in [0, 0.05) is 0 Å². The summed E-state index contributed by atoms with van der Waals surface area (Å²) >= 11 is 0. The SMILES string of the molecule is O=C([O-])c1cccc(S(=O)(=O)F)c1.O=C([O-])c1cccc(S(=O)(=O)F)c1.[Cu+2]. The number of hydrogen-bond donors (Lipinski definition) is 0. The van der Waals surface area contributed by atoms with E-state index in [2.05, 4.69) is 0 Å². The second-order valence-corrected chi connectivity index (χ2v) is 7.20. The molecule has 0 spiro atoms. The first-order chi connectivity index (χ1) is 11.8. The van der Waals surface area contributed by atoms with Crippen LogP contribution >= 0.6 is 0 Å². The van der Waals surface area contributed by atoms with Crippen LogP contribution in [0.2, 0.25) is 0 Å². The summed E-state index contributed by atoms with van der Waals surface area (Å²) in [6.45, 7) is 0. The van der Waals surface area contributed by atoms with E-state index in [0.717, 1.165) is 36.4 Å². The Morgan fingerprint density at radius 2 is 1.00 bits per heavy atom. The van der Waals surface area contributed by atoms with Crippen molar-refractivity contribution in [1.29, 1.82) is 0 Å². The Hall–Kier alpha value is -2.34. The van der Waals surface area contributed by atoms with Crippen molar-refractivity contribution in [1.82, 2.24) is 0 Å². The number of carbonyl (C=O) groups is 2. The molecule has 0 amide bonds. The molecule has 2 aromatic carbocycles. The van der Waals surface area contributed by atoms with E-state index in [4.69, 9.17) is 0 Å². The quantitative estimate of drug-likeness (QED) is 0.426. The Balaban J connectivity index is 0.000000483. The third kappa shape index (κ3) is 7.83. The molecule has 13 heteroatoms. The predicted molar refractivity (Wildman–Crippen MR) is 78.1 cm³/mol. The molecule has 0 heterocycles. The molecule has 0 aliphatic rings. The van der Waals surface area contributed by atoms with Crippen LogP contribution < -0.4 is 10.2 Å². The molecule has 0 aliphatic heterocycles. The smallest absolute Gasteiger partial charge is 0.545 e. The van der Waals surface area contributed by atoms with Crippen molar-refractivity contribution in [2.24, 2.45) is 0 Å². The summed E-state index contributed by atoms with van der Waals surface area (Å²) in [5.74, 6) is -3.10. The van der Waals surface area contributed by atoms with Gasteiger partial charge in [0.05, 0.1) is 21.7 Å². The maximum absolute atomic E-state index is 12.3. The summed E-state index contributed by atoms with van der Waals surface area (Å²) in [6.07, 6.45) is 0. The molecule has 0 atom stereocenters. The number of benzene rings is 2. The van der Waals surface area contributed by atoms with Crippen LogP contribution in [-0.4, -0.2) is 28.8 Å². The van der Waals surface area contributed by atoms with Gasteiger partial charge in [0.2, 0.25) is 0 Å². The number of carboxylic acids is 2. The van der Waals surface area contributed by atoms with Gasteiger partial charge in [0.15, 0.2) is 0 Å². The minimum absolute atomic E-state index is 0. The van der Waals surface area contributed by atoms with E-state index in [1.807, 2.05) is 0 Å². The molecule has 0 saturated carbocycles. The van der Waals surface area contributed by atoms with Crippen molar-refractivity contribution < 1.29 is 61.5 Å². The normalized spacial score (nSPS) is 10.7. The van der Waals surface area contributed by atoms with Crippen LogP contribution in [0, 0.1) is 0 Å². The Kier molecular flexibility index (Phi) is 8.73. The molecule has 8 nitrogen and oxygen atoms in total. The van der Waals surface area contributed by atoms with E-state index in [-0.39, 0.29) is 28.2 Å². The molecule has 27 heavy (non-hydrogen) atoms. The number of carbonyl (C=O) groups excluding carboxylic acids is 2. The van der Waals surface area contributed by atoms with Gasteiger partial charge < -0.3 is 19.8 Å². The zero-order valence-corrected chi connectivity index (χ0v) is 15.3. The summed E-state index contributed by atoms with van der Waals surface area (Å²) in [6, 6.07) is 7.79. The van der Waals surface area contributed by atoms with Crippen molar-refractivity contribution in [3.63, 3.8) is 0 Å². The van der Waals surface area contributed by atoms with Gasteiger partial charge in [-0.15, -0.1) is 7.77 Å². The number of aromatic carboxylic acids is 2. The molecular weight excluding hydrogens is 462 g/mol. The fraction of sp³-hybridized carbons (Fsp3) is 0. The molecular formula is C14H8CuF2O8S2. The number of halogens is 2. The largest absolute Gasteiger partial charge is 2.00 e. The predicted octanol–water partition coefficient (Wildman–Crippen LogP) is -0.586. The number of hydrogen-bond acceptors (Lipinski definition) is 8. The van der Waals surface area contributed by atoms with E-state index >= 15 is 0 Å². The first kappa shape index (κ1) is 24.7. The van der Waals surface area contributed by atoms with Gasteiger partial charge in [0.25, 0.3) is 0 Å². The maximum Gasteiger partial charge on any atom is 2.00 e. The molecule has 149 valence electrons. The van der Waals surface area contributed by atoms with Crippen molar-refractivity contribution >= 4 is 32.4 Å². The molecule has 0 saturated heterocycles. The molecule has 0 aliphatic carbocycles. The molecule has 0 unspecified atom stereocenters. The summed E-state index contributed by atoms with van der Waals surface area (Å²) in [7, 11) is -9.70. The summed E-state index contributed by atoms with van der Waals surface area (Å²) < 4.78 is 66.0. The maximum atomic E-state index is 12.3. The summed E-state index contributed by atoms with van der Waals surface area (Å²) in [5.41, 5.74) is -0.752. The minimum Gasteiger partial charge on any atom is -0.545 e. The van der Waals surface area contributed by atoms with Gasteiger partial charge >= 0.3 is 37.5 Å². The van der Waals surface area contributed by atoms with E-state index in [1.165, 1.54) is 0 Å². The first-order valence-corrected chi connectivity index (χ1v) is 9.11. The monoisotopic (exact) mass is 469 g/mol. The van der Waals surface area contributed by atoms with Crippen LogP contribution in [0.15, 0.2) is 58.3 Å². The fourth-order valence-electron chi connectivity index (χ4n) is 1.55. The Bertz CT molecular complexity index is 967. The van der Waals surface area contributed by atoms with Gasteiger partial charge in [-0.25, -0.2) is 0 Å². The average molecular weight is 470 g/mol. The third-order valence-electron chi connectivity index (χ3n) is 2.70. The standard InChI is InChI=1S/2C7H5FO4S.Cu/c2*8-13(11,12)6-3-1-2-5(4-6)7(9)10;/h2*1-4H,(H,9,10);/q;;+2/p-2. The zero-order chi connectivity index (χ0) is 20.1. The first-order valence-electron chi connectivity index (χ1n) is 6.34. The van der Waals surface area contributed by atoms with Crippen molar-refractivity contribution in [2.75, 3.05) is 0 Å². The molecule has 0 bridgehead atoms. The molecule has 1 radical (unpaired) electrons. The summed E-state index contributed by atoms with van der Waals surface area (Å²) in [5, 5.41) is 20.5. The zero-order valence-electron chi connectivity index (χ0n) is 12.8. The Morgan fingerprint density at radius 1 is 0.704 bits per heavy atom. The fourth-order valence-corrected chi connectivity index (χ4v) is 2.57.